The summed E-state index contributed by atoms with van der Waals surface area (Å²) in [6, 6.07) is 6.71. The molecule has 0 aliphatic carbocycles. The molecule has 0 spiro atoms. The number of benzene rings is 1. The van der Waals surface area contributed by atoms with Crippen LogP contribution in [0.15, 0.2) is 24.3 Å². The Morgan fingerprint density at radius 1 is 1.00 bits per heavy atom. The first kappa shape index (κ1) is 19.4. The molecule has 0 aromatic heterocycles. The largest absolute Gasteiger partial charge is 0.444 e. The maximum Gasteiger partial charge on any atom is 0.408 e. The molecular weight excluding hydrogens is 314 g/mol. The Hall–Kier alpha value is -2.61. The minimum atomic E-state index is -0.681. The van der Waals surface area contributed by atoms with Gasteiger partial charge in [-0.3, -0.25) is 9.59 Å². The van der Waals surface area contributed by atoms with Crippen LogP contribution in [0.25, 0.3) is 0 Å². The molecule has 0 atom stereocenters. The first-order valence-corrected chi connectivity index (χ1v) is 7.36. The van der Waals surface area contributed by atoms with E-state index in [1.807, 2.05) is 0 Å². The maximum atomic E-state index is 11.9. The van der Waals surface area contributed by atoms with Gasteiger partial charge in [-0.05, 0) is 32.9 Å². The summed E-state index contributed by atoms with van der Waals surface area (Å²) in [4.78, 5) is 35.0. The maximum absolute atomic E-state index is 11.9. The first-order chi connectivity index (χ1) is 11.2. The summed E-state index contributed by atoms with van der Waals surface area (Å²) in [6.07, 6.45) is -0.681. The summed E-state index contributed by atoms with van der Waals surface area (Å²) in [6.45, 7) is 4.83. The minimum absolute atomic E-state index is 0.0948. The number of rotatable bonds is 6. The predicted molar refractivity (Wildman–Crippen MR) is 89.8 cm³/mol. The normalized spacial score (nSPS) is 10.7. The van der Waals surface area contributed by atoms with Crippen molar-refractivity contribution < 1.29 is 23.9 Å². The molecule has 3 N–H and O–H groups in total. The number of amides is 3. The lowest BCUT2D eigenvalue weighted by molar-refractivity contribution is -0.119. The Morgan fingerprint density at radius 3 is 2.04 bits per heavy atom. The smallest absolute Gasteiger partial charge is 0.408 e. The molecule has 0 aliphatic rings. The fourth-order valence-electron chi connectivity index (χ4n) is 1.68. The molecule has 0 saturated carbocycles. The van der Waals surface area contributed by atoms with Crippen LogP contribution in [0.2, 0.25) is 0 Å². The van der Waals surface area contributed by atoms with Gasteiger partial charge in [0.15, 0.2) is 0 Å². The number of ether oxygens (including phenoxy) is 2. The second-order valence-corrected chi connectivity index (χ2v) is 5.93. The molecule has 0 aliphatic heterocycles. The zero-order valence-corrected chi connectivity index (χ0v) is 14.3. The van der Waals surface area contributed by atoms with Gasteiger partial charge in [-0.15, -0.1) is 0 Å². The molecule has 1 rings (SSSR count). The van der Waals surface area contributed by atoms with Crippen molar-refractivity contribution in [1.82, 2.24) is 5.32 Å². The van der Waals surface area contributed by atoms with Gasteiger partial charge in [-0.25, -0.2) is 4.79 Å². The third kappa shape index (κ3) is 7.59. The molecule has 3 amide bonds. The first-order valence-electron chi connectivity index (χ1n) is 7.36. The number of hydrogen-bond acceptors (Lipinski definition) is 5. The molecule has 24 heavy (non-hydrogen) atoms. The molecule has 0 bridgehead atoms. The molecular formula is C16H23N3O5. The Morgan fingerprint density at radius 2 is 1.54 bits per heavy atom. The number of methoxy groups -OCH3 is 1. The van der Waals surface area contributed by atoms with E-state index >= 15 is 0 Å². The highest BCUT2D eigenvalue weighted by molar-refractivity contribution is 6.00. The van der Waals surface area contributed by atoms with Crippen molar-refractivity contribution in [1.29, 1.82) is 0 Å². The average molecular weight is 337 g/mol. The Kier molecular flexibility index (Phi) is 7.19. The summed E-state index contributed by atoms with van der Waals surface area (Å²) < 4.78 is 9.78. The summed E-state index contributed by atoms with van der Waals surface area (Å²) in [5, 5.41) is 7.59. The number of hydrogen-bond donors (Lipinski definition) is 3. The Balaban J connectivity index is 2.58. The van der Waals surface area contributed by atoms with Gasteiger partial charge >= 0.3 is 6.09 Å². The zero-order valence-electron chi connectivity index (χ0n) is 14.3. The summed E-state index contributed by atoms with van der Waals surface area (Å²) in [5.74, 6) is -0.791. The van der Waals surface area contributed by atoms with Crippen LogP contribution in [0.5, 0.6) is 0 Å². The van der Waals surface area contributed by atoms with Gasteiger partial charge in [0.05, 0.1) is 11.4 Å². The second kappa shape index (κ2) is 8.88. The number of carbonyl (C=O) groups excluding carboxylic acids is 3. The third-order valence-corrected chi connectivity index (χ3v) is 2.54. The molecule has 1 aromatic rings. The Labute approximate surface area is 140 Å². The highest BCUT2D eigenvalue weighted by Crippen LogP contribution is 2.20. The standard InChI is InChI=1S/C16H23N3O5/c1-16(2,3)24-15(22)17-9-13(20)18-11-7-5-6-8-12(11)19-14(21)10-23-4/h5-8H,9-10H2,1-4H3,(H,17,22)(H,18,20)(H,19,21). The van der Waals surface area contributed by atoms with Crippen LogP contribution < -0.4 is 16.0 Å². The van der Waals surface area contributed by atoms with Gasteiger partial charge in [-0.1, -0.05) is 12.1 Å². The van der Waals surface area contributed by atoms with E-state index in [0.717, 1.165) is 0 Å². The second-order valence-electron chi connectivity index (χ2n) is 5.93. The lowest BCUT2D eigenvalue weighted by Crippen LogP contribution is -2.37. The van der Waals surface area contributed by atoms with Crippen molar-refractivity contribution >= 4 is 29.3 Å². The van der Waals surface area contributed by atoms with Crippen molar-refractivity contribution in [2.45, 2.75) is 26.4 Å². The molecule has 1 aromatic carbocycles. The number of carbonyl (C=O) groups is 3. The highest BCUT2D eigenvalue weighted by atomic mass is 16.6. The summed E-state index contributed by atoms with van der Waals surface area (Å²) in [5.41, 5.74) is 0.210. The molecule has 132 valence electrons. The number of para-hydroxylation sites is 2. The fraction of sp³-hybridized carbons (Fsp3) is 0.438. The van der Waals surface area contributed by atoms with Gasteiger partial charge in [0, 0.05) is 7.11 Å². The van der Waals surface area contributed by atoms with E-state index in [0.29, 0.717) is 11.4 Å². The van der Waals surface area contributed by atoms with Crippen LogP contribution in [0.4, 0.5) is 16.2 Å². The van der Waals surface area contributed by atoms with Crippen molar-refractivity contribution in [2.24, 2.45) is 0 Å². The van der Waals surface area contributed by atoms with Crippen LogP contribution in [-0.2, 0) is 19.1 Å². The lowest BCUT2D eigenvalue weighted by atomic mass is 10.2. The van der Waals surface area contributed by atoms with Crippen LogP contribution in [0.1, 0.15) is 20.8 Å². The van der Waals surface area contributed by atoms with Gasteiger partial charge in [-0.2, -0.15) is 0 Å². The SMILES string of the molecule is COCC(=O)Nc1ccccc1NC(=O)CNC(=O)OC(C)(C)C. The average Bonchev–Trinajstić information content (AvgIpc) is 2.46. The van der Waals surface area contributed by atoms with Crippen molar-refractivity contribution in [3.63, 3.8) is 0 Å². The molecule has 8 heteroatoms. The monoisotopic (exact) mass is 337 g/mol. The molecule has 0 fully saturated rings. The van der Waals surface area contributed by atoms with Crippen LogP contribution in [-0.4, -0.2) is 43.8 Å². The van der Waals surface area contributed by atoms with Crippen molar-refractivity contribution in [2.75, 3.05) is 30.9 Å². The van der Waals surface area contributed by atoms with Gasteiger partial charge < -0.3 is 25.4 Å². The van der Waals surface area contributed by atoms with Gasteiger partial charge in [0.2, 0.25) is 11.8 Å². The lowest BCUT2D eigenvalue weighted by Gasteiger charge is -2.19. The van der Waals surface area contributed by atoms with E-state index in [9.17, 15) is 14.4 Å². The summed E-state index contributed by atoms with van der Waals surface area (Å²) in [7, 11) is 1.41. The van der Waals surface area contributed by atoms with Crippen LogP contribution in [0.3, 0.4) is 0 Å². The minimum Gasteiger partial charge on any atom is -0.444 e. The van der Waals surface area contributed by atoms with Gasteiger partial charge in [0.1, 0.15) is 18.8 Å². The van der Waals surface area contributed by atoms with E-state index < -0.39 is 17.6 Å². The molecule has 0 radical (unpaired) electrons. The molecule has 0 heterocycles. The van der Waals surface area contributed by atoms with E-state index in [1.54, 1.807) is 45.0 Å². The van der Waals surface area contributed by atoms with Crippen LogP contribution in [0, 0.1) is 0 Å². The number of alkyl carbamates (subject to hydrolysis) is 1. The fourth-order valence-corrected chi connectivity index (χ4v) is 1.68. The van der Waals surface area contributed by atoms with E-state index in [-0.39, 0.29) is 19.1 Å². The molecule has 8 nitrogen and oxygen atoms in total. The number of nitrogens with one attached hydrogen (secondary N) is 3. The molecule has 0 saturated heterocycles. The van der Waals surface area contributed by atoms with E-state index in [4.69, 9.17) is 9.47 Å². The van der Waals surface area contributed by atoms with Gasteiger partial charge in [0.25, 0.3) is 0 Å². The number of anilines is 2. The quantitative estimate of drug-likeness (QED) is 0.733. The summed E-state index contributed by atoms with van der Waals surface area (Å²) >= 11 is 0. The topological polar surface area (TPSA) is 106 Å². The van der Waals surface area contributed by atoms with E-state index in [2.05, 4.69) is 16.0 Å². The third-order valence-electron chi connectivity index (χ3n) is 2.54. The Bertz CT molecular complexity index is 596. The van der Waals surface area contributed by atoms with Crippen molar-refractivity contribution in [3.8, 4) is 0 Å². The van der Waals surface area contributed by atoms with Crippen molar-refractivity contribution in [3.05, 3.63) is 24.3 Å². The van der Waals surface area contributed by atoms with E-state index in [1.165, 1.54) is 7.11 Å². The predicted octanol–water partition coefficient (Wildman–Crippen LogP) is 1.73. The molecule has 0 unspecified atom stereocenters. The highest BCUT2D eigenvalue weighted by Gasteiger charge is 2.17. The zero-order chi connectivity index (χ0) is 18.2. The van der Waals surface area contributed by atoms with Crippen LogP contribution >= 0.6 is 0 Å².